The molecule has 77 valence electrons. The van der Waals surface area contributed by atoms with Gasteiger partial charge < -0.3 is 4.90 Å². The van der Waals surface area contributed by atoms with Crippen molar-refractivity contribution in [1.82, 2.24) is 0 Å². The quantitative estimate of drug-likeness (QED) is 0.749. The predicted octanol–water partition coefficient (Wildman–Crippen LogP) is 2.06. The van der Waals surface area contributed by atoms with Gasteiger partial charge in [0.2, 0.25) is 0 Å². The molecule has 1 saturated heterocycles. The lowest BCUT2D eigenvalue weighted by Crippen LogP contribution is -2.38. The van der Waals surface area contributed by atoms with E-state index in [1.807, 2.05) is 24.3 Å². The van der Waals surface area contributed by atoms with Crippen LogP contribution in [0.5, 0.6) is 0 Å². The standard InChI is InChI=1S/C10H14NO2S/c12-14(13)8-6-11(7-9-14)10-4-2-1-3-5-10/h2-5,12-13H,6-9H2. The molecule has 0 amide bonds. The molecule has 0 saturated carbocycles. The van der Waals surface area contributed by atoms with Crippen molar-refractivity contribution in [3.8, 4) is 0 Å². The number of benzene rings is 1. The molecular formula is C10H14NO2S. The molecule has 1 fully saturated rings. The number of nitrogens with zero attached hydrogens (tertiary/aromatic N) is 1. The highest BCUT2D eigenvalue weighted by atomic mass is 32.3. The van der Waals surface area contributed by atoms with Gasteiger partial charge in [-0.2, -0.15) is 10.6 Å². The maximum absolute atomic E-state index is 9.45. The number of rotatable bonds is 1. The van der Waals surface area contributed by atoms with Gasteiger partial charge in [-0.1, -0.05) is 12.1 Å². The summed E-state index contributed by atoms with van der Waals surface area (Å²) in [6.45, 7) is 1.46. The number of hydrogen-bond acceptors (Lipinski definition) is 3. The summed E-state index contributed by atoms with van der Waals surface area (Å²) in [5, 5.41) is 0. The average molecular weight is 212 g/mol. The van der Waals surface area contributed by atoms with Gasteiger partial charge in [-0.25, -0.2) is 0 Å². The molecular weight excluding hydrogens is 198 g/mol. The minimum Gasteiger partial charge on any atom is -0.368 e. The molecule has 0 aliphatic carbocycles. The second-order valence-electron chi connectivity index (χ2n) is 3.46. The van der Waals surface area contributed by atoms with Crippen LogP contribution in [0.1, 0.15) is 0 Å². The van der Waals surface area contributed by atoms with Gasteiger partial charge in [0.25, 0.3) is 0 Å². The molecule has 2 N–H and O–H groups in total. The fourth-order valence-electron chi connectivity index (χ4n) is 1.57. The summed E-state index contributed by atoms with van der Waals surface area (Å²) in [5.74, 6) is 0.983. The topological polar surface area (TPSA) is 43.7 Å². The van der Waals surface area contributed by atoms with Crippen LogP contribution in [0.2, 0.25) is 0 Å². The molecule has 1 radical (unpaired) electrons. The molecule has 1 heterocycles. The summed E-state index contributed by atoms with van der Waals surface area (Å²) in [6.07, 6.45) is 0. The summed E-state index contributed by atoms with van der Waals surface area (Å²) >= 11 is 0. The molecule has 1 aliphatic heterocycles. The Hall–Kier alpha value is -0.710. The van der Waals surface area contributed by atoms with E-state index in [1.165, 1.54) is 0 Å². The Kier molecular flexibility index (Phi) is 2.67. The van der Waals surface area contributed by atoms with Crippen LogP contribution >= 0.6 is 10.6 Å². The molecule has 1 aromatic rings. The van der Waals surface area contributed by atoms with Crippen LogP contribution in [0.15, 0.2) is 24.3 Å². The molecule has 14 heavy (non-hydrogen) atoms. The molecule has 0 bridgehead atoms. The van der Waals surface area contributed by atoms with E-state index >= 15 is 0 Å². The van der Waals surface area contributed by atoms with Crippen molar-refractivity contribution in [3.05, 3.63) is 30.3 Å². The molecule has 0 unspecified atom stereocenters. The highest BCUT2D eigenvalue weighted by Gasteiger charge is 2.21. The first-order valence-corrected chi connectivity index (χ1v) is 6.50. The lowest BCUT2D eigenvalue weighted by atomic mass is 10.3. The van der Waals surface area contributed by atoms with E-state index < -0.39 is 10.6 Å². The van der Waals surface area contributed by atoms with E-state index in [1.54, 1.807) is 0 Å². The maximum atomic E-state index is 9.45. The molecule has 2 rings (SSSR count). The molecule has 4 heteroatoms. The first-order valence-electron chi connectivity index (χ1n) is 4.62. The molecule has 1 aromatic carbocycles. The average Bonchev–Trinajstić information content (AvgIpc) is 2.19. The Morgan fingerprint density at radius 1 is 1.14 bits per heavy atom. The smallest absolute Gasteiger partial charge is 0.0550 e. The van der Waals surface area contributed by atoms with E-state index in [9.17, 15) is 9.11 Å². The van der Waals surface area contributed by atoms with Crippen molar-refractivity contribution in [2.24, 2.45) is 0 Å². The van der Waals surface area contributed by atoms with Crippen LogP contribution in [0, 0.1) is 6.07 Å². The Morgan fingerprint density at radius 2 is 1.71 bits per heavy atom. The third kappa shape index (κ3) is 2.20. The van der Waals surface area contributed by atoms with Crippen molar-refractivity contribution in [1.29, 1.82) is 0 Å². The zero-order chi connectivity index (χ0) is 10.0. The van der Waals surface area contributed by atoms with Gasteiger partial charge in [0.05, 0.1) is 11.5 Å². The highest BCUT2D eigenvalue weighted by molar-refractivity contribution is 8.24. The highest BCUT2D eigenvalue weighted by Crippen LogP contribution is 2.41. The summed E-state index contributed by atoms with van der Waals surface area (Å²) in [4.78, 5) is 2.17. The zero-order valence-electron chi connectivity index (χ0n) is 7.89. The second-order valence-corrected chi connectivity index (χ2v) is 5.88. The lowest BCUT2D eigenvalue weighted by Gasteiger charge is -2.41. The van der Waals surface area contributed by atoms with Gasteiger partial charge in [0, 0.05) is 18.8 Å². The summed E-state index contributed by atoms with van der Waals surface area (Å²) in [6, 6.07) is 10.7. The van der Waals surface area contributed by atoms with E-state index in [2.05, 4.69) is 11.0 Å². The van der Waals surface area contributed by atoms with Crippen molar-refractivity contribution in [2.75, 3.05) is 29.5 Å². The van der Waals surface area contributed by atoms with Crippen LogP contribution in [0.25, 0.3) is 0 Å². The van der Waals surface area contributed by atoms with E-state index in [0.29, 0.717) is 11.5 Å². The fourth-order valence-corrected chi connectivity index (χ4v) is 2.80. The van der Waals surface area contributed by atoms with Crippen molar-refractivity contribution in [3.63, 3.8) is 0 Å². The van der Waals surface area contributed by atoms with Gasteiger partial charge >= 0.3 is 0 Å². The van der Waals surface area contributed by atoms with Crippen molar-refractivity contribution >= 4 is 16.3 Å². The lowest BCUT2D eigenvalue weighted by molar-refractivity contribution is 0.479. The van der Waals surface area contributed by atoms with Gasteiger partial charge in [0.15, 0.2) is 0 Å². The maximum Gasteiger partial charge on any atom is 0.0550 e. The first kappa shape index (κ1) is 9.83. The first-order chi connectivity index (χ1) is 6.67. The van der Waals surface area contributed by atoms with Crippen LogP contribution in [0.3, 0.4) is 0 Å². The predicted molar refractivity (Wildman–Crippen MR) is 60.1 cm³/mol. The van der Waals surface area contributed by atoms with Crippen LogP contribution in [-0.2, 0) is 0 Å². The normalized spacial score (nSPS) is 23.1. The molecule has 0 spiro atoms. The number of anilines is 1. The van der Waals surface area contributed by atoms with Crippen molar-refractivity contribution in [2.45, 2.75) is 0 Å². The van der Waals surface area contributed by atoms with Gasteiger partial charge in [0.1, 0.15) is 0 Å². The minimum absolute atomic E-state index is 0.492. The van der Waals surface area contributed by atoms with Crippen LogP contribution < -0.4 is 4.90 Å². The third-order valence-corrected chi connectivity index (χ3v) is 4.11. The van der Waals surface area contributed by atoms with E-state index in [0.717, 1.165) is 18.8 Å². The van der Waals surface area contributed by atoms with E-state index in [-0.39, 0.29) is 0 Å². The third-order valence-electron chi connectivity index (χ3n) is 2.44. The van der Waals surface area contributed by atoms with Crippen LogP contribution in [-0.4, -0.2) is 33.7 Å². The SMILES string of the molecule is OS1(O)CCN(c2cc[c]cc2)CC1. The molecule has 0 aromatic heterocycles. The fraction of sp³-hybridized carbons (Fsp3) is 0.400. The monoisotopic (exact) mass is 212 g/mol. The zero-order valence-corrected chi connectivity index (χ0v) is 8.70. The molecule has 0 atom stereocenters. The summed E-state index contributed by atoms with van der Waals surface area (Å²) < 4.78 is 18.9. The number of hydrogen-bond donors (Lipinski definition) is 2. The summed E-state index contributed by atoms with van der Waals surface area (Å²) in [5.41, 5.74) is 1.14. The van der Waals surface area contributed by atoms with Crippen molar-refractivity contribution < 1.29 is 9.11 Å². The largest absolute Gasteiger partial charge is 0.368 e. The molecule has 3 nitrogen and oxygen atoms in total. The second kappa shape index (κ2) is 3.81. The molecule has 1 aliphatic rings. The van der Waals surface area contributed by atoms with E-state index in [4.69, 9.17) is 0 Å². The Balaban J connectivity index is 2.03. The van der Waals surface area contributed by atoms with Gasteiger partial charge in [-0.05, 0) is 18.2 Å². The van der Waals surface area contributed by atoms with Gasteiger partial charge in [-0.3, -0.25) is 9.11 Å². The van der Waals surface area contributed by atoms with Gasteiger partial charge in [-0.15, -0.1) is 0 Å². The minimum atomic E-state index is -2.27. The Labute approximate surface area is 85.7 Å². The Morgan fingerprint density at radius 3 is 2.29 bits per heavy atom. The van der Waals surface area contributed by atoms with Crippen LogP contribution in [0.4, 0.5) is 5.69 Å². The summed E-state index contributed by atoms with van der Waals surface area (Å²) in [7, 11) is -2.27. The Bertz CT molecular complexity index is 292.